The van der Waals surface area contributed by atoms with Crippen LogP contribution in [0.1, 0.15) is 23.6 Å². The van der Waals surface area contributed by atoms with Gasteiger partial charge in [0.05, 0.1) is 26.4 Å². The van der Waals surface area contributed by atoms with E-state index in [1.165, 1.54) is 6.92 Å². The van der Waals surface area contributed by atoms with E-state index in [1.807, 2.05) is 91.0 Å². The lowest BCUT2D eigenvalue weighted by Crippen LogP contribution is -2.61. The lowest BCUT2D eigenvalue weighted by atomic mass is 9.98. The number of benzene rings is 3. The van der Waals surface area contributed by atoms with Gasteiger partial charge in [-0.15, -0.1) is 0 Å². The molecule has 36 heavy (non-hydrogen) atoms. The molecule has 0 radical (unpaired) electrons. The van der Waals surface area contributed by atoms with E-state index >= 15 is 0 Å². The highest BCUT2D eigenvalue weighted by molar-refractivity contribution is 5.66. The summed E-state index contributed by atoms with van der Waals surface area (Å²) in [5, 5.41) is 10.8. The van der Waals surface area contributed by atoms with Crippen LogP contribution in [0.5, 0.6) is 0 Å². The Morgan fingerprint density at radius 3 is 1.69 bits per heavy atom. The highest BCUT2D eigenvalue weighted by Crippen LogP contribution is 2.29. The molecule has 4 rings (SSSR count). The van der Waals surface area contributed by atoms with Crippen molar-refractivity contribution in [3.63, 3.8) is 0 Å². The number of hydrogen-bond acceptors (Lipinski definition) is 7. The van der Waals surface area contributed by atoms with E-state index in [1.54, 1.807) is 0 Å². The van der Waals surface area contributed by atoms with Crippen molar-refractivity contribution in [2.75, 3.05) is 6.61 Å². The number of aliphatic hydroxyl groups excluding tert-OH is 1. The first-order valence-corrected chi connectivity index (χ1v) is 12.0. The topological polar surface area (TPSA) is 83.5 Å². The molecule has 0 amide bonds. The largest absolute Gasteiger partial charge is 0.454 e. The van der Waals surface area contributed by atoms with Crippen molar-refractivity contribution in [3.05, 3.63) is 108 Å². The second-order valence-corrected chi connectivity index (χ2v) is 8.66. The summed E-state index contributed by atoms with van der Waals surface area (Å²) in [4.78, 5) is 11.9. The molecule has 190 valence electrons. The SMILES string of the molecule is CC(=O)O[C@H]1[C@H](OCc2ccccc2)[C@@H](OCc2ccccc2)C(COCc2ccccc2)O[C@H]1O. The Bertz CT molecular complexity index is 1040. The normalized spacial score (nSPS) is 23.8. The second-order valence-electron chi connectivity index (χ2n) is 8.66. The number of rotatable bonds is 11. The molecule has 0 spiro atoms. The number of carbonyl (C=O) groups is 1. The van der Waals surface area contributed by atoms with Crippen molar-refractivity contribution in [1.29, 1.82) is 0 Å². The summed E-state index contributed by atoms with van der Waals surface area (Å²) < 4.78 is 29.8. The van der Waals surface area contributed by atoms with E-state index in [9.17, 15) is 9.90 Å². The van der Waals surface area contributed by atoms with E-state index in [-0.39, 0.29) is 19.8 Å². The zero-order valence-corrected chi connectivity index (χ0v) is 20.3. The van der Waals surface area contributed by atoms with Gasteiger partial charge in [-0.2, -0.15) is 0 Å². The molecule has 3 aromatic carbocycles. The van der Waals surface area contributed by atoms with Crippen LogP contribution in [0, 0.1) is 0 Å². The smallest absolute Gasteiger partial charge is 0.303 e. The van der Waals surface area contributed by atoms with Gasteiger partial charge in [-0.3, -0.25) is 4.79 Å². The van der Waals surface area contributed by atoms with Crippen LogP contribution in [0.3, 0.4) is 0 Å². The van der Waals surface area contributed by atoms with Gasteiger partial charge < -0.3 is 28.8 Å². The fourth-order valence-electron chi connectivity index (χ4n) is 4.14. The Labute approximate surface area is 211 Å². The van der Waals surface area contributed by atoms with Crippen molar-refractivity contribution in [1.82, 2.24) is 0 Å². The lowest BCUT2D eigenvalue weighted by molar-refractivity contribution is -0.309. The number of ether oxygens (including phenoxy) is 5. The summed E-state index contributed by atoms with van der Waals surface area (Å²) in [6.45, 7) is 2.36. The minimum Gasteiger partial charge on any atom is -0.454 e. The van der Waals surface area contributed by atoms with E-state index in [0.29, 0.717) is 6.61 Å². The number of esters is 1. The monoisotopic (exact) mass is 492 g/mol. The first-order chi connectivity index (χ1) is 17.6. The molecule has 1 aliphatic rings. The van der Waals surface area contributed by atoms with Crippen LogP contribution < -0.4 is 0 Å². The molecule has 1 unspecified atom stereocenters. The predicted molar refractivity (Wildman–Crippen MR) is 133 cm³/mol. The minimum absolute atomic E-state index is 0.156. The average molecular weight is 493 g/mol. The van der Waals surface area contributed by atoms with Crippen molar-refractivity contribution in [2.45, 2.75) is 57.5 Å². The molecule has 7 nitrogen and oxygen atoms in total. The maximum absolute atomic E-state index is 11.9. The van der Waals surface area contributed by atoms with E-state index in [0.717, 1.165) is 16.7 Å². The Balaban J connectivity index is 1.53. The lowest BCUT2D eigenvalue weighted by Gasteiger charge is -2.44. The summed E-state index contributed by atoms with van der Waals surface area (Å²) in [5.41, 5.74) is 2.93. The third-order valence-corrected chi connectivity index (χ3v) is 5.88. The Morgan fingerprint density at radius 2 is 1.19 bits per heavy atom. The van der Waals surface area contributed by atoms with Gasteiger partial charge in [0, 0.05) is 6.92 Å². The number of carbonyl (C=O) groups excluding carboxylic acids is 1. The maximum atomic E-state index is 11.9. The summed E-state index contributed by atoms with van der Waals surface area (Å²) in [7, 11) is 0. The Kier molecular flexibility index (Phi) is 9.61. The third kappa shape index (κ3) is 7.46. The zero-order chi connectivity index (χ0) is 25.2. The standard InChI is InChI=1S/C29H32O7/c1-21(30)35-28-27(34-19-24-15-9-4-10-16-24)26(33-18-23-13-7-3-8-14-23)25(36-29(28)31)20-32-17-22-11-5-2-6-12-22/h2-16,25-29,31H,17-20H2,1H3/t25?,26-,27+,28-,29+/m0/s1. The van der Waals surface area contributed by atoms with Crippen LogP contribution in [-0.2, 0) is 48.3 Å². The van der Waals surface area contributed by atoms with Gasteiger partial charge in [0.2, 0.25) is 0 Å². The molecule has 0 saturated carbocycles. The summed E-state index contributed by atoms with van der Waals surface area (Å²) in [6, 6.07) is 29.2. The molecule has 5 atom stereocenters. The molecule has 1 fully saturated rings. The van der Waals surface area contributed by atoms with Crippen LogP contribution >= 0.6 is 0 Å². The molecule has 1 N–H and O–H groups in total. The molecule has 0 aromatic heterocycles. The van der Waals surface area contributed by atoms with Gasteiger partial charge in [-0.1, -0.05) is 91.0 Å². The van der Waals surface area contributed by atoms with Crippen LogP contribution in [0.4, 0.5) is 0 Å². The van der Waals surface area contributed by atoms with E-state index < -0.39 is 36.7 Å². The fraction of sp³-hybridized carbons (Fsp3) is 0.345. The third-order valence-electron chi connectivity index (χ3n) is 5.88. The summed E-state index contributed by atoms with van der Waals surface area (Å²) >= 11 is 0. The average Bonchev–Trinajstić information content (AvgIpc) is 2.90. The minimum atomic E-state index is -1.39. The van der Waals surface area contributed by atoms with E-state index in [4.69, 9.17) is 23.7 Å². The van der Waals surface area contributed by atoms with Crippen LogP contribution in [0.2, 0.25) is 0 Å². The molecular weight excluding hydrogens is 460 g/mol. The van der Waals surface area contributed by atoms with Gasteiger partial charge in [0.15, 0.2) is 12.4 Å². The second kappa shape index (κ2) is 13.3. The molecule has 0 bridgehead atoms. The zero-order valence-electron chi connectivity index (χ0n) is 20.3. The van der Waals surface area contributed by atoms with Gasteiger partial charge >= 0.3 is 5.97 Å². The molecule has 7 heteroatoms. The number of hydrogen-bond donors (Lipinski definition) is 1. The van der Waals surface area contributed by atoms with E-state index in [2.05, 4.69) is 0 Å². The van der Waals surface area contributed by atoms with Crippen molar-refractivity contribution in [3.8, 4) is 0 Å². The van der Waals surface area contributed by atoms with Gasteiger partial charge in [-0.25, -0.2) is 0 Å². The molecule has 0 aliphatic carbocycles. The molecular formula is C29H32O7. The summed E-state index contributed by atoms with van der Waals surface area (Å²) in [6.07, 6.45) is -4.56. The molecule has 1 aliphatic heterocycles. The van der Waals surface area contributed by atoms with Gasteiger partial charge in [-0.05, 0) is 16.7 Å². The first-order valence-electron chi connectivity index (χ1n) is 12.0. The van der Waals surface area contributed by atoms with Crippen molar-refractivity contribution in [2.24, 2.45) is 0 Å². The summed E-state index contributed by atoms with van der Waals surface area (Å²) in [5.74, 6) is -0.545. The fourth-order valence-corrected chi connectivity index (χ4v) is 4.14. The number of aliphatic hydroxyl groups is 1. The molecule has 1 heterocycles. The Morgan fingerprint density at radius 1 is 0.722 bits per heavy atom. The quantitative estimate of drug-likeness (QED) is 0.405. The predicted octanol–water partition coefficient (Wildman–Crippen LogP) is 4.02. The van der Waals surface area contributed by atoms with Gasteiger partial charge in [0.1, 0.15) is 18.3 Å². The van der Waals surface area contributed by atoms with Crippen molar-refractivity contribution < 1.29 is 33.6 Å². The van der Waals surface area contributed by atoms with Crippen molar-refractivity contribution >= 4 is 5.97 Å². The van der Waals surface area contributed by atoms with Crippen LogP contribution in [-0.4, -0.2) is 48.4 Å². The van der Waals surface area contributed by atoms with Crippen LogP contribution in [0.25, 0.3) is 0 Å². The first kappa shape index (κ1) is 26.0. The Hall–Kier alpha value is -3.07. The maximum Gasteiger partial charge on any atom is 0.303 e. The van der Waals surface area contributed by atoms with Crippen LogP contribution in [0.15, 0.2) is 91.0 Å². The van der Waals surface area contributed by atoms with Gasteiger partial charge in [0.25, 0.3) is 0 Å². The highest BCUT2D eigenvalue weighted by Gasteiger charge is 2.49. The molecule has 1 saturated heterocycles. The highest BCUT2D eigenvalue weighted by atomic mass is 16.7. The molecule has 3 aromatic rings.